The topological polar surface area (TPSA) is 98.0 Å². The first-order valence-corrected chi connectivity index (χ1v) is 7.39. The monoisotopic (exact) mass is 304 g/mol. The second-order valence-corrected chi connectivity index (χ2v) is 6.38. The Labute approximate surface area is 113 Å². The van der Waals surface area contributed by atoms with Crippen molar-refractivity contribution in [2.45, 2.75) is 11.8 Å². The standard InChI is InChI=1S/C9H9ClN4O2S2/c1-5-7(11)2-6(10)3-8(5)18(15,16)13-9-4-12-14-17-9/h2-4,13H,11H2,1H3. The van der Waals surface area contributed by atoms with Crippen molar-refractivity contribution >= 4 is 43.8 Å². The van der Waals surface area contributed by atoms with E-state index in [4.69, 9.17) is 17.3 Å². The van der Waals surface area contributed by atoms with Crippen LogP contribution in [0.4, 0.5) is 10.7 Å². The second kappa shape index (κ2) is 4.71. The number of benzene rings is 1. The normalized spacial score (nSPS) is 11.4. The van der Waals surface area contributed by atoms with Gasteiger partial charge >= 0.3 is 0 Å². The van der Waals surface area contributed by atoms with Gasteiger partial charge in [-0.15, -0.1) is 5.10 Å². The molecule has 0 atom stereocenters. The minimum absolute atomic E-state index is 0.0425. The Morgan fingerprint density at radius 3 is 2.78 bits per heavy atom. The molecular weight excluding hydrogens is 296 g/mol. The molecule has 0 bridgehead atoms. The molecule has 0 spiro atoms. The van der Waals surface area contributed by atoms with E-state index >= 15 is 0 Å². The Morgan fingerprint density at radius 2 is 2.17 bits per heavy atom. The maximum Gasteiger partial charge on any atom is 0.262 e. The number of hydrogen-bond donors (Lipinski definition) is 2. The molecule has 0 amide bonds. The smallest absolute Gasteiger partial charge is 0.262 e. The van der Waals surface area contributed by atoms with Crippen molar-refractivity contribution < 1.29 is 8.42 Å². The van der Waals surface area contributed by atoms with Gasteiger partial charge in [-0.3, -0.25) is 4.72 Å². The fourth-order valence-electron chi connectivity index (χ4n) is 1.35. The van der Waals surface area contributed by atoms with Gasteiger partial charge < -0.3 is 5.73 Å². The molecule has 9 heteroatoms. The van der Waals surface area contributed by atoms with Crippen LogP contribution in [-0.4, -0.2) is 18.0 Å². The zero-order valence-electron chi connectivity index (χ0n) is 9.21. The molecule has 6 nitrogen and oxygen atoms in total. The van der Waals surface area contributed by atoms with Gasteiger partial charge in [0.05, 0.1) is 11.1 Å². The first-order chi connectivity index (χ1) is 8.40. The van der Waals surface area contributed by atoms with Gasteiger partial charge in [0, 0.05) is 22.2 Å². The Morgan fingerprint density at radius 1 is 1.44 bits per heavy atom. The van der Waals surface area contributed by atoms with Crippen LogP contribution in [0.1, 0.15) is 5.56 Å². The molecule has 0 saturated heterocycles. The molecule has 1 heterocycles. The Kier molecular flexibility index (Phi) is 3.42. The number of halogens is 1. The van der Waals surface area contributed by atoms with E-state index in [9.17, 15) is 8.42 Å². The lowest BCUT2D eigenvalue weighted by molar-refractivity contribution is 0.601. The van der Waals surface area contributed by atoms with E-state index in [1.807, 2.05) is 0 Å². The van der Waals surface area contributed by atoms with Gasteiger partial charge in [0.1, 0.15) is 5.00 Å². The number of anilines is 2. The molecule has 2 aromatic rings. The molecule has 1 aromatic heterocycles. The summed E-state index contributed by atoms with van der Waals surface area (Å²) in [6.45, 7) is 1.62. The maximum atomic E-state index is 12.2. The van der Waals surface area contributed by atoms with Crippen LogP contribution in [0.15, 0.2) is 23.2 Å². The third-order valence-electron chi connectivity index (χ3n) is 2.25. The third kappa shape index (κ3) is 2.55. The van der Waals surface area contributed by atoms with Gasteiger partial charge in [-0.2, -0.15) is 0 Å². The summed E-state index contributed by atoms with van der Waals surface area (Å²) in [6, 6.07) is 2.86. The summed E-state index contributed by atoms with van der Waals surface area (Å²) in [4.78, 5) is 0.0425. The Hall–Kier alpha value is -1.38. The lowest BCUT2D eigenvalue weighted by Gasteiger charge is -2.10. The Bertz CT molecular complexity index is 670. The molecule has 3 N–H and O–H groups in total. The fourth-order valence-corrected chi connectivity index (χ4v) is 3.63. The summed E-state index contributed by atoms with van der Waals surface area (Å²) in [7, 11) is -3.74. The third-order valence-corrected chi connectivity index (χ3v) is 4.67. The number of sulfonamides is 1. The van der Waals surface area contributed by atoms with E-state index in [1.165, 1.54) is 18.3 Å². The van der Waals surface area contributed by atoms with Crippen LogP contribution in [0.5, 0.6) is 0 Å². The molecule has 0 aliphatic carbocycles. The van der Waals surface area contributed by atoms with Gasteiger partial charge in [0.15, 0.2) is 0 Å². The van der Waals surface area contributed by atoms with Crippen LogP contribution >= 0.6 is 23.1 Å². The molecule has 2 rings (SSSR count). The fraction of sp³-hybridized carbons (Fsp3) is 0.111. The van der Waals surface area contributed by atoms with Gasteiger partial charge in [0.2, 0.25) is 0 Å². The summed E-state index contributed by atoms with van der Waals surface area (Å²) < 4.78 is 30.2. The molecule has 0 fully saturated rings. The molecule has 0 radical (unpaired) electrons. The predicted octanol–water partition coefficient (Wildman–Crippen LogP) is 1.88. The number of nitrogens with two attached hydrogens (primary N) is 1. The van der Waals surface area contributed by atoms with E-state index in [1.54, 1.807) is 6.92 Å². The van der Waals surface area contributed by atoms with Crippen molar-refractivity contribution in [1.29, 1.82) is 0 Å². The van der Waals surface area contributed by atoms with Crippen LogP contribution in [-0.2, 0) is 10.0 Å². The van der Waals surface area contributed by atoms with E-state index in [-0.39, 0.29) is 9.92 Å². The quantitative estimate of drug-likeness (QED) is 0.844. The van der Waals surface area contributed by atoms with Crippen LogP contribution in [0.3, 0.4) is 0 Å². The number of nitrogens with one attached hydrogen (secondary N) is 1. The highest BCUT2D eigenvalue weighted by Gasteiger charge is 2.20. The zero-order chi connectivity index (χ0) is 13.3. The summed E-state index contributed by atoms with van der Waals surface area (Å²) in [5.41, 5.74) is 6.47. The number of hydrogen-bond acceptors (Lipinski definition) is 6. The average Bonchev–Trinajstić information content (AvgIpc) is 2.75. The summed E-state index contributed by atoms with van der Waals surface area (Å²) in [5, 5.41) is 4.14. The highest BCUT2D eigenvalue weighted by Crippen LogP contribution is 2.27. The summed E-state index contributed by atoms with van der Waals surface area (Å²) in [5.74, 6) is 0. The van der Waals surface area contributed by atoms with Crippen LogP contribution < -0.4 is 10.5 Å². The molecule has 0 unspecified atom stereocenters. The van der Waals surface area contributed by atoms with Crippen molar-refractivity contribution in [3.05, 3.63) is 28.9 Å². The minimum atomic E-state index is -3.74. The SMILES string of the molecule is Cc1c(N)cc(Cl)cc1S(=O)(=O)Nc1cnns1. The van der Waals surface area contributed by atoms with E-state index < -0.39 is 10.0 Å². The summed E-state index contributed by atoms with van der Waals surface area (Å²) >= 11 is 6.76. The van der Waals surface area contributed by atoms with Crippen molar-refractivity contribution in [2.75, 3.05) is 10.5 Å². The molecule has 96 valence electrons. The van der Waals surface area contributed by atoms with Gasteiger partial charge in [-0.1, -0.05) is 16.1 Å². The zero-order valence-corrected chi connectivity index (χ0v) is 11.6. The van der Waals surface area contributed by atoms with Crippen LogP contribution in [0, 0.1) is 6.92 Å². The Balaban J connectivity index is 2.48. The molecule has 1 aromatic carbocycles. The van der Waals surface area contributed by atoms with E-state index in [0.29, 0.717) is 16.3 Å². The van der Waals surface area contributed by atoms with Crippen LogP contribution in [0.25, 0.3) is 0 Å². The lowest BCUT2D eigenvalue weighted by Crippen LogP contribution is -2.14. The number of nitrogen functional groups attached to an aromatic ring is 1. The first-order valence-electron chi connectivity index (χ1n) is 4.76. The highest BCUT2D eigenvalue weighted by atomic mass is 35.5. The van der Waals surface area contributed by atoms with Crippen molar-refractivity contribution in [2.24, 2.45) is 0 Å². The predicted molar refractivity (Wildman–Crippen MR) is 71.3 cm³/mol. The molecule has 18 heavy (non-hydrogen) atoms. The molecule has 0 aliphatic rings. The van der Waals surface area contributed by atoms with Crippen molar-refractivity contribution in [3.8, 4) is 0 Å². The first kappa shape index (κ1) is 13.1. The second-order valence-electron chi connectivity index (χ2n) is 3.51. The number of aromatic nitrogens is 2. The largest absolute Gasteiger partial charge is 0.398 e. The molecular formula is C9H9ClN4O2S2. The van der Waals surface area contributed by atoms with Gasteiger partial charge in [-0.25, -0.2) is 8.42 Å². The number of rotatable bonds is 3. The molecule has 0 aliphatic heterocycles. The van der Waals surface area contributed by atoms with Gasteiger partial charge in [-0.05, 0) is 24.6 Å². The minimum Gasteiger partial charge on any atom is -0.398 e. The van der Waals surface area contributed by atoms with Crippen molar-refractivity contribution in [1.82, 2.24) is 9.59 Å². The lowest BCUT2D eigenvalue weighted by atomic mass is 10.2. The molecule has 0 saturated carbocycles. The highest BCUT2D eigenvalue weighted by molar-refractivity contribution is 7.93. The van der Waals surface area contributed by atoms with Gasteiger partial charge in [0.25, 0.3) is 10.0 Å². The van der Waals surface area contributed by atoms with Crippen LogP contribution in [0.2, 0.25) is 5.02 Å². The average molecular weight is 305 g/mol. The maximum absolute atomic E-state index is 12.2. The summed E-state index contributed by atoms with van der Waals surface area (Å²) in [6.07, 6.45) is 1.32. The van der Waals surface area contributed by atoms with E-state index in [0.717, 1.165) is 11.5 Å². The van der Waals surface area contributed by atoms with Crippen molar-refractivity contribution in [3.63, 3.8) is 0 Å². The van der Waals surface area contributed by atoms with E-state index in [2.05, 4.69) is 14.3 Å². The number of nitrogens with zero attached hydrogens (tertiary/aromatic N) is 2.